The topological polar surface area (TPSA) is 149 Å². The minimum Gasteiger partial charge on any atom is -0.444 e. The monoisotopic (exact) mass is 649 g/mol. The maximum Gasteiger partial charge on any atom is 0.407 e. The highest BCUT2D eigenvalue weighted by molar-refractivity contribution is 7.92. The predicted molar refractivity (Wildman–Crippen MR) is 177 cm³/mol. The van der Waals surface area contributed by atoms with E-state index in [0.717, 1.165) is 42.7 Å². The summed E-state index contributed by atoms with van der Waals surface area (Å²) in [6.45, 7) is 8.65. The summed E-state index contributed by atoms with van der Waals surface area (Å²) in [4.78, 5) is 28.1. The lowest BCUT2D eigenvalue weighted by atomic mass is 10.1. The lowest BCUT2D eigenvalue weighted by molar-refractivity contribution is 0.0508. The van der Waals surface area contributed by atoms with Crippen LogP contribution in [0.25, 0.3) is 0 Å². The molecular formula is C31H47N5O6S2. The Bertz CT molecular complexity index is 1520. The molecule has 1 unspecified atom stereocenters. The number of anilines is 3. The van der Waals surface area contributed by atoms with Gasteiger partial charge in [-0.05, 0) is 76.1 Å². The Labute approximate surface area is 262 Å². The van der Waals surface area contributed by atoms with E-state index in [1.807, 2.05) is 4.90 Å². The van der Waals surface area contributed by atoms with Crippen molar-refractivity contribution in [3.63, 3.8) is 0 Å². The predicted octanol–water partition coefficient (Wildman–Crippen LogP) is 5.81. The molecule has 0 radical (unpaired) electrons. The van der Waals surface area contributed by atoms with Crippen molar-refractivity contribution >= 4 is 48.8 Å². The molecule has 1 heterocycles. The molecule has 2 amide bonds. The van der Waals surface area contributed by atoms with Gasteiger partial charge in [0.15, 0.2) is 0 Å². The number of sulfonamides is 1. The van der Waals surface area contributed by atoms with Crippen LogP contribution < -0.4 is 19.8 Å². The molecule has 0 bridgehead atoms. The molecule has 1 aliphatic heterocycles. The number of alkyl carbamates (subject to hydrolysis) is 1. The van der Waals surface area contributed by atoms with Gasteiger partial charge < -0.3 is 20.3 Å². The molecule has 11 nitrogen and oxygen atoms in total. The van der Waals surface area contributed by atoms with Crippen LogP contribution in [0.1, 0.15) is 76.6 Å². The lowest BCUT2D eigenvalue weighted by Crippen LogP contribution is -2.40. The standard InChI is InChI=1S/C31H47N5O6S2/c1-7-8-9-10-11-20-44(32,41)26-15-12-23(13-16-26)33-29(37)27-17-14-25(21-28(27)35(5)43(6,39)40)36-19-18-24(22-36)34-30(38)42-31(2,3)4/h12-17,21,24,32H,7-11,18-20,22H2,1-6H3,(H,33,37)(H,34,38)/t24-,44?/m1/s1. The zero-order valence-electron chi connectivity index (χ0n) is 26.6. The van der Waals surface area contributed by atoms with Gasteiger partial charge in [0.1, 0.15) is 5.60 Å². The van der Waals surface area contributed by atoms with Gasteiger partial charge in [0, 0.05) is 42.2 Å². The summed E-state index contributed by atoms with van der Waals surface area (Å²) in [7, 11) is -5.23. The molecule has 3 rings (SSSR count). The number of carbonyl (C=O) groups excluding carboxylic acids is 2. The van der Waals surface area contributed by atoms with Crippen molar-refractivity contribution in [3.05, 3.63) is 48.0 Å². The average Bonchev–Trinajstić information content (AvgIpc) is 3.39. The average molecular weight is 650 g/mol. The summed E-state index contributed by atoms with van der Waals surface area (Å²) in [5.74, 6) is -0.214. The smallest absolute Gasteiger partial charge is 0.407 e. The zero-order chi connectivity index (χ0) is 32.7. The van der Waals surface area contributed by atoms with Crippen LogP contribution in [0.2, 0.25) is 0 Å². The third-order valence-corrected chi connectivity index (χ3v) is 10.5. The van der Waals surface area contributed by atoms with Gasteiger partial charge in [-0.2, -0.15) is 0 Å². The SMILES string of the molecule is CCCCCCCS(=N)(=O)c1ccc(NC(=O)c2ccc(N3CC[C@@H](NC(=O)OC(C)(C)C)C3)cc2N(C)S(C)(=O)=O)cc1. The van der Waals surface area contributed by atoms with Crippen LogP contribution in [0.4, 0.5) is 21.9 Å². The minimum absolute atomic E-state index is 0.147. The molecule has 1 saturated heterocycles. The van der Waals surface area contributed by atoms with Crippen molar-refractivity contribution in [1.29, 1.82) is 4.78 Å². The summed E-state index contributed by atoms with van der Waals surface area (Å²) in [5.41, 5.74) is 0.905. The van der Waals surface area contributed by atoms with Crippen LogP contribution in [-0.4, -0.2) is 68.4 Å². The van der Waals surface area contributed by atoms with Crippen LogP contribution in [0.3, 0.4) is 0 Å². The summed E-state index contributed by atoms with van der Waals surface area (Å²) < 4.78 is 52.8. The van der Waals surface area contributed by atoms with Gasteiger partial charge in [-0.15, -0.1) is 0 Å². The molecule has 0 aliphatic carbocycles. The fourth-order valence-corrected chi connectivity index (χ4v) is 6.85. The van der Waals surface area contributed by atoms with E-state index >= 15 is 0 Å². The summed E-state index contributed by atoms with van der Waals surface area (Å²) >= 11 is 0. The Balaban J connectivity index is 1.74. The quantitative estimate of drug-likeness (QED) is 0.232. The van der Waals surface area contributed by atoms with E-state index in [0.29, 0.717) is 41.5 Å². The van der Waals surface area contributed by atoms with E-state index in [2.05, 4.69) is 17.6 Å². The first-order valence-corrected chi connectivity index (χ1v) is 18.6. The van der Waals surface area contributed by atoms with Gasteiger partial charge in [-0.25, -0.2) is 22.2 Å². The van der Waals surface area contributed by atoms with Gasteiger partial charge in [-0.1, -0.05) is 32.6 Å². The van der Waals surface area contributed by atoms with Crippen LogP contribution in [-0.2, 0) is 24.5 Å². The van der Waals surface area contributed by atoms with Gasteiger partial charge in [-0.3, -0.25) is 9.10 Å². The Morgan fingerprint density at radius 1 is 1.05 bits per heavy atom. The Hall–Kier alpha value is -3.32. The number of ether oxygens (including phenoxy) is 1. The molecule has 13 heteroatoms. The van der Waals surface area contributed by atoms with Crippen molar-refractivity contribution < 1.29 is 27.0 Å². The zero-order valence-corrected chi connectivity index (χ0v) is 28.3. The molecule has 2 atom stereocenters. The number of nitrogens with one attached hydrogen (secondary N) is 3. The molecule has 1 aliphatic rings. The van der Waals surface area contributed by atoms with E-state index in [1.165, 1.54) is 7.05 Å². The second-order valence-corrected chi connectivity index (χ2v) is 16.5. The molecule has 0 saturated carbocycles. The largest absolute Gasteiger partial charge is 0.444 e. The molecule has 244 valence electrons. The van der Waals surface area contributed by atoms with Gasteiger partial charge >= 0.3 is 6.09 Å². The van der Waals surface area contributed by atoms with Crippen molar-refractivity contribution in [2.24, 2.45) is 0 Å². The van der Waals surface area contributed by atoms with Crippen molar-refractivity contribution in [3.8, 4) is 0 Å². The molecular weight excluding hydrogens is 603 g/mol. The highest BCUT2D eigenvalue weighted by Gasteiger charge is 2.28. The minimum atomic E-state index is -3.70. The van der Waals surface area contributed by atoms with Gasteiger partial charge in [0.05, 0.1) is 33.3 Å². The maximum absolute atomic E-state index is 13.4. The molecule has 1 fully saturated rings. The first kappa shape index (κ1) is 35.2. The molecule has 3 N–H and O–H groups in total. The summed E-state index contributed by atoms with van der Waals surface area (Å²) in [5, 5.41) is 5.68. The highest BCUT2D eigenvalue weighted by atomic mass is 32.2. The van der Waals surface area contributed by atoms with Gasteiger partial charge in [0.25, 0.3) is 5.91 Å². The number of benzene rings is 2. The normalized spacial score (nSPS) is 16.7. The second-order valence-electron chi connectivity index (χ2n) is 12.3. The van der Waals surface area contributed by atoms with Gasteiger partial charge in [0.2, 0.25) is 10.0 Å². The second kappa shape index (κ2) is 14.6. The van der Waals surface area contributed by atoms with Crippen LogP contribution in [0, 0.1) is 4.78 Å². The van der Waals surface area contributed by atoms with Crippen molar-refractivity contribution in [1.82, 2.24) is 5.32 Å². The molecule has 44 heavy (non-hydrogen) atoms. The lowest BCUT2D eigenvalue weighted by Gasteiger charge is -2.25. The van der Waals surface area contributed by atoms with Crippen LogP contribution in [0.15, 0.2) is 47.4 Å². The summed E-state index contributed by atoms with van der Waals surface area (Å²) in [6, 6.07) is 11.3. The number of unbranched alkanes of at least 4 members (excludes halogenated alkanes) is 4. The number of amides is 2. The molecule has 0 aromatic heterocycles. The van der Waals surface area contributed by atoms with E-state index in [-0.39, 0.29) is 17.3 Å². The number of hydrogen-bond acceptors (Lipinski definition) is 8. The Morgan fingerprint density at radius 3 is 2.32 bits per heavy atom. The van der Waals surface area contributed by atoms with E-state index in [1.54, 1.807) is 63.2 Å². The van der Waals surface area contributed by atoms with E-state index in [9.17, 15) is 22.2 Å². The molecule has 2 aromatic rings. The first-order valence-electron chi connectivity index (χ1n) is 15.0. The third-order valence-electron chi connectivity index (χ3n) is 7.37. The number of rotatable bonds is 13. The van der Waals surface area contributed by atoms with E-state index < -0.39 is 37.4 Å². The van der Waals surface area contributed by atoms with Crippen molar-refractivity contribution in [2.75, 3.05) is 46.7 Å². The number of hydrogen-bond donors (Lipinski definition) is 3. The maximum atomic E-state index is 13.4. The van der Waals surface area contributed by atoms with Crippen molar-refractivity contribution in [2.45, 2.75) is 82.8 Å². The molecule has 0 spiro atoms. The Morgan fingerprint density at radius 2 is 1.70 bits per heavy atom. The Kier molecular flexibility index (Phi) is 11.7. The van der Waals surface area contributed by atoms with E-state index in [4.69, 9.17) is 9.52 Å². The highest BCUT2D eigenvalue weighted by Crippen LogP contribution is 2.31. The fraction of sp³-hybridized carbons (Fsp3) is 0.548. The number of carbonyl (C=O) groups is 2. The van der Waals surface area contributed by atoms with Crippen LogP contribution in [0.5, 0.6) is 0 Å². The van der Waals surface area contributed by atoms with Crippen LogP contribution >= 0.6 is 0 Å². The fourth-order valence-electron chi connectivity index (χ4n) is 4.92. The summed E-state index contributed by atoms with van der Waals surface area (Å²) in [6.07, 6.45) is 6.25. The first-order chi connectivity index (χ1) is 20.5. The molecule has 2 aromatic carbocycles. The number of nitrogens with zero attached hydrogens (tertiary/aromatic N) is 2. The third kappa shape index (κ3) is 10.1.